The Morgan fingerprint density at radius 2 is 1.89 bits per heavy atom. The first kappa shape index (κ1) is 13.3. The third-order valence-corrected chi connectivity index (χ3v) is 3.41. The summed E-state index contributed by atoms with van der Waals surface area (Å²) in [5.41, 5.74) is 0.856. The molecule has 0 aliphatic carbocycles. The molecule has 0 bridgehead atoms. The SMILES string of the molecule is CN1CCCN(C)C1c1cc([NH+]([O-])O)ccc1O. The van der Waals surface area contributed by atoms with E-state index in [2.05, 4.69) is 9.80 Å². The van der Waals surface area contributed by atoms with E-state index in [1.54, 1.807) is 6.07 Å². The second-order valence-electron chi connectivity index (χ2n) is 4.77. The van der Waals surface area contributed by atoms with Crippen LogP contribution in [0.15, 0.2) is 18.2 Å². The summed E-state index contributed by atoms with van der Waals surface area (Å²) in [4.78, 5) is 4.23. The first-order valence-electron chi connectivity index (χ1n) is 5.97. The first-order valence-corrected chi connectivity index (χ1v) is 5.97. The smallest absolute Gasteiger partial charge is 0.164 e. The molecule has 1 heterocycles. The van der Waals surface area contributed by atoms with Crippen molar-refractivity contribution in [3.63, 3.8) is 0 Å². The van der Waals surface area contributed by atoms with Gasteiger partial charge in [-0.1, -0.05) is 0 Å². The number of hydrogen-bond donors (Lipinski definition) is 3. The highest BCUT2D eigenvalue weighted by Crippen LogP contribution is 2.33. The van der Waals surface area contributed by atoms with Crippen LogP contribution in [0.3, 0.4) is 0 Å². The number of phenols is 1. The Labute approximate surface area is 106 Å². The van der Waals surface area contributed by atoms with Gasteiger partial charge in [0.2, 0.25) is 0 Å². The summed E-state index contributed by atoms with van der Waals surface area (Å²) in [6.07, 6.45) is 1.00. The van der Waals surface area contributed by atoms with E-state index in [1.807, 2.05) is 14.1 Å². The number of nitrogens with one attached hydrogen (secondary N) is 1. The molecule has 0 aromatic heterocycles. The van der Waals surface area contributed by atoms with Crippen LogP contribution >= 0.6 is 0 Å². The second-order valence-corrected chi connectivity index (χ2v) is 4.77. The van der Waals surface area contributed by atoms with Crippen molar-refractivity contribution in [1.82, 2.24) is 9.80 Å². The van der Waals surface area contributed by atoms with Crippen LogP contribution in [0.25, 0.3) is 0 Å². The lowest BCUT2D eigenvalue weighted by Crippen LogP contribution is -2.99. The topological polar surface area (TPSA) is 74.4 Å². The molecule has 0 radical (unpaired) electrons. The summed E-state index contributed by atoms with van der Waals surface area (Å²) in [6.45, 7) is 1.87. The Kier molecular flexibility index (Phi) is 3.84. The van der Waals surface area contributed by atoms with Crippen molar-refractivity contribution in [3.8, 4) is 5.75 Å². The molecule has 1 aliphatic heterocycles. The number of aromatic hydroxyl groups is 1. The zero-order valence-electron chi connectivity index (χ0n) is 10.6. The third kappa shape index (κ3) is 2.47. The van der Waals surface area contributed by atoms with Crippen LogP contribution in [0.5, 0.6) is 5.75 Å². The van der Waals surface area contributed by atoms with Crippen LogP contribution in [0.4, 0.5) is 5.69 Å². The fourth-order valence-electron chi connectivity index (χ4n) is 2.52. The molecule has 1 atom stereocenters. The minimum absolute atomic E-state index is 0.0713. The van der Waals surface area contributed by atoms with E-state index in [1.165, 1.54) is 12.1 Å². The maximum atomic E-state index is 11.0. The molecule has 0 spiro atoms. The molecule has 18 heavy (non-hydrogen) atoms. The van der Waals surface area contributed by atoms with E-state index in [4.69, 9.17) is 5.21 Å². The normalized spacial score (nSPS) is 21.1. The number of rotatable bonds is 2. The van der Waals surface area contributed by atoms with Crippen molar-refractivity contribution in [1.29, 1.82) is 0 Å². The number of hydrogen-bond acceptors (Lipinski definition) is 5. The molecule has 2 rings (SSSR count). The summed E-state index contributed by atoms with van der Waals surface area (Å²) < 4.78 is 0. The van der Waals surface area contributed by atoms with Gasteiger partial charge in [0.25, 0.3) is 0 Å². The minimum atomic E-state index is -0.975. The van der Waals surface area contributed by atoms with Crippen molar-refractivity contribution in [2.45, 2.75) is 12.6 Å². The van der Waals surface area contributed by atoms with Gasteiger partial charge in [0.15, 0.2) is 5.69 Å². The number of benzene rings is 1. The zero-order valence-corrected chi connectivity index (χ0v) is 10.6. The molecule has 1 aliphatic rings. The van der Waals surface area contributed by atoms with Gasteiger partial charge in [-0.2, -0.15) is 5.23 Å². The highest BCUT2D eigenvalue weighted by atomic mass is 16.8. The number of nitrogens with zero attached hydrogens (tertiary/aromatic N) is 2. The zero-order chi connectivity index (χ0) is 13.3. The highest BCUT2D eigenvalue weighted by Gasteiger charge is 2.28. The Hall–Kier alpha value is -1.18. The number of quaternary nitrogens is 1. The van der Waals surface area contributed by atoms with Crippen LogP contribution in [0.1, 0.15) is 18.2 Å². The number of phenolic OH excluding ortho intramolecular Hbond substituents is 1. The Bertz CT molecular complexity index is 415. The van der Waals surface area contributed by atoms with Crippen LogP contribution < -0.4 is 5.23 Å². The molecule has 1 saturated heterocycles. The van der Waals surface area contributed by atoms with Gasteiger partial charge < -0.3 is 10.3 Å². The van der Waals surface area contributed by atoms with E-state index < -0.39 is 5.23 Å². The molecular weight excluding hydrogens is 234 g/mol. The molecule has 1 fully saturated rings. The van der Waals surface area contributed by atoms with Gasteiger partial charge in [0.1, 0.15) is 5.75 Å². The van der Waals surface area contributed by atoms with Gasteiger partial charge >= 0.3 is 0 Å². The Balaban J connectivity index is 2.38. The van der Waals surface area contributed by atoms with Crippen molar-refractivity contribution in [2.24, 2.45) is 0 Å². The molecule has 1 unspecified atom stereocenters. The molecule has 0 saturated carbocycles. The van der Waals surface area contributed by atoms with E-state index in [9.17, 15) is 10.3 Å². The summed E-state index contributed by atoms with van der Waals surface area (Å²) >= 11 is 0. The third-order valence-electron chi connectivity index (χ3n) is 3.41. The highest BCUT2D eigenvalue weighted by molar-refractivity contribution is 5.44. The van der Waals surface area contributed by atoms with Crippen molar-refractivity contribution in [2.75, 3.05) is 27.2 Å². The maximum absolute atomic E-state index is 11.0. The fraction of sp³-hybridized carbons (Fsp3) is 0.500. The molecule has 1 aromatic rings. The molecule has 3 N–H and O–H groups in total. The van der Waals surface area contributed by atoms with Gasteiger partial charge in [-0.15, -0.1) is 0 Å². The van der Waals surface area contributed by atoms with Crippen molar-refractivity contribution in [3.05, 3.63) is 29.0 Å². The minimum Gasteiger partial charge on any atom is -0.595 e. The maximum Gasteiger partial charge on any atom is 0.164 e. The fourth-order valence-corrected chi connectivity index (χ4v) is 2.52. The van der Waals surface area contributed by atoms with E-state index in [0.717, 1.165) is 19.5 Å². The van der Waals surface area contributed by atoms with Gasteiger partial charge in [-0.05, 0) is 26.6 Å². The standard InChI is InChI=1S/C12H19N3O3/c1-13-6-3-7-14(2)12(13)10-8-9(15(17)18)4-5-11(10)16/h4-5,8,12,15-17H,3,6-7H2,1-2H3. The predicted molar refractivity (Wildman–Crippen MR) is 66.5 cm³/mol. The average Bonchev–Trinajstić information content (AvgIpc) is 2.30. The van der Waals surface area contributed by atoms with Gasteiger partial charge in [0.05, 0.1) is 6.17 Å². The van der Waals surface area contributed by atoms with Gasteiger partial charge in [-0.3, -0.25) is 9.80 Å². The largest absolute Gasteiger partial charge is 0.595 e. The van der Waals surface area contributed by atoms with Crippen LogP contribution in [-0.2, 0) is 0 Å². The van der Waals surface area contributed by atoms with Crippen molar-refractivity contribution < 1.29 is 15.5 Å². The molecule has 0 amide bonds. The lowest BCUT2D eigenvalue weighted by Gasteiger charge is -2.40. The Morgan fingerprint density at radius 3 is 2.44 bits per heavy atom. The Morgan fingerprint density at radius 1 is 1.28 bits per heavy atom. The van der Waals surface area contributed by atoms with E-state index in [-0.39, 0.29) is 17.6 Å². The molecule has 6 nitrogen and oxygen atoms in total. The van der Waals surface area contributed by atoms with Crippen LogP contribution in [0.2, 0.25) is 0 Å². The molecule has 100 valence electrons. The summed E-state index contributed by atoms with van der Waals surface area (Å²) in [5, 5.41) is 29.0. The van der Waals surface area contributed by atoms with Crippen LogP contribution in [0, 0.1) is 5.21 Å². The lowest BCUT2D eigenvalue weighted by atomic mass is 10.1. The summed E-state index contributed by atoms with van der Waals surface area (Å²) in [6, 6.07) is 4.43. The van der Waals surface area contributed by atoms with Crippen molar-refractivity contribution >= 4 is 5.69 Å². The van der Waals surface area contributed by atoms with Gasteiger partial charge in [0, 0.05) is 30.8 Å². The molecule has 1 aromatic carbocycles. The first-order chi connectivity index (χ1) is 8.50. The monoisotopic (exact) mass is 253 g/mol. The van der Waals surface area contributed by atoms with E-state index >= 15 is 0 Å². The predicted octanol–water partition coefficient (Wildman–Crippen LogP) is 0.0615. The van der Waals surface area contributed by atoms with Gasteiger partial charge in [-0.25, -0.2) is 5.21 Å². The van der Waals surface area contributed by atoms with E-state index in [0.29, 0.717) is 5.56 Å². The average molecular weight is 253 g/mol. The summed E-state index contributed by atoms with van der Waals surface area (Å²) in [7, 11) is 3.96. The lowest BCUT2D eigenvalue weighted by molar-refractivity contribution is -0.991. The molecular formula is C12H19N3O3. The van der Waals surface area contributed by atoms with Crippen LogP contribution in [-0.4, -0.2) is 47.3 Å². The summed E-state index contributed by atoms with van der Waals surface area (Å²) in [5.74, 6) is 0.144. The quantitative estimate of drug-likeness (QED) is 0.513. The second kappa shape index (κ2) is 5.21. The molecule has 6 heteroatoms.